The fourth-order valence-electron chi connectivity index (χ4n) is 6.30. The summed E-state index contributed by atoms with van der Waals surface area (Å²) in [5.41, 5.74) is 6.64. The molecule has 4 saturated heterocycles. The highest BCUT2D eigenvalue weighted by Gasteiger charge is 2.68. The fraction of sp³-hybridized carbons (Fsp3) is 0.452. The normalized spacial score (nSPS) is 26.0. The van der Waals surface area contributed by atoms with Crippen molar-refractivity contribution in [2.24, 2.45) is 5.73 Å². The van der Waals surface area contributed by atoms with Crippen molar-refractivity contribution in [2.45, 2.75) is 83.4 Å². The molecule has 4 aliphatic heterocycles. The number of nitrogens with two attached hydrogens (primary N) is 1. The molecular weight excluding hydrogens is 784 g/mol. The zero-order valence-electron chi connectivity index (χ0n) is 28.6. The summed E-state index contributed by atoms with van der Waals surface area (Å²) in [5, 5.41) is 1.50. The number of halogens is 1. The monoisotopic (exact) mass is 822 g/mol. The van der Waals surface area contributed by atoms with Gasteiger partial charge in [-0.1, -0.05) is 41.9 Å². The standard InChI is InChI=1S/C25H30N4O9S2.C6H5ClO3S.2H2O/c1-24(2)17(29-20(32)16(21(29)39-24)27-19(31)15(26)12-8-6-5-7-9-12)22(33)37-11-38-23(34)18-25(3,4)40(35,36)14-10-13(30)28(14)18;7-5-1-3-6(4-2-5)11(8,9)10;;/h5-9,14-18,21H,10-11,26H2,1-4H3,(H,27,31);1-4H,(H,8,9,10);2*1H2/t14-,15-,16-,17+,18+,21-;;;/m1.../s1. The molecule has 8 N–H and O–H groups in total. The Balaban J connectivity index is 0.000000501. The highest BCUT2D eigenvalue weighted by atomic mass is 35.5. The molecule has 0 bridgehead atoms. The Labute approximate surface area is 313 Å². The lowest BCUT2D eigenvalue weighted by molar-refractivity contribution is -0.181. The van der Waals surface area contributed by atoms with Crippen molar-refractivity contribution in [1.29, 1.82) is 0 Å². The first-order chi connectivity index (χ1) is 23.6. The maximum Gasteiger partial charge on any atom is 0.333 e. The third-order valence-corrected chi connectivity index (χ3v) is 14.6. The van der Waals surface area contributed by atoms with E-state index in [1.165, 1.54) is 54.8 Å². The molecule has 4 heterocycles. The predicted molar refractivity (Wildman–Crippen MR) is 189 cm³/mol. The molecule has 18 nitrogen and oxygen atoms in total. The van der Waals surface area contributed by atoms with Crippen LogP contribution in [0, 0.1) is 0 Å². The number of nitrogens with zero attached hydrogens (tertiary/aromatic N) is 2. The molecule has 0 spiro atoms. The lowest BCUT2D eigenvalue weighted by Gasteiger charge is -2.44. The van der Waals surface area contributed by atoms with Gasteiger partial charge in [-0.3, -0.25) is 18.9 Å². The summed E-state index contributed by atoms with van der Waals surface area (Å²) in [6.45, 7) is 5.37. The summed E-state index contributed by atoms with van der Waals surface area (Å²) in [5.74, 6) is -3.32. The van der Waals surface area contributed by atoms with Crippen LogP contribution < -0.4 is 11.1 Å². The number of sulfone groups is 1. The summed E-state index contributed by atoms with van der Waals surface area (Å²) < 4.78 is 62.7. The van der Waals surface area contributed by atoms with Crippen molar-refractivity contribution >= 4 is 73.0 Å². The van der Waals surface area contributed by atoms with Gasteiger partial charge in [0, 0.05) is 9.77 Å². The number of nitrogens with one attached hydrogen (secondary N) is 1. The van der Waals surface area contributed by atoms with E-state index in [0.717, 1.165) is 4.90 Å². The first kappa shape index (κ1) is 43.6. The molecule has 292 valence electrons. The molecule has 53 heavy (non-hydrogen) atoms. The van der Waals surface area contributed by atoms with E-state index in [4.69, 9.17) is 31.4 Å². The van der Waals surface area contributed by atoms with Crippen LogP contribution >= 0.6 is 23.4 Å². The highest BCUT2D eigenvalue weighted by Crippen LogP contribution is 2.51. The number of hydrogen-bond donors (Lipinski definition) is 3. The molecular formula is C31H39ClN4O14S3. The molecule has 2 aromatic rings. The van der Waals surface area contributed by atoms with Crippen LogP contribution in [0.2, 0.25) is 5.02 Å². The highest BCUT2D eigenvalue weighted by molar-refractivity contribution is 8.01. The average molecular weight is 823 g/mol. The second-order valence-electron chi connectivity index (χ2n) is 13.1. The Morgan fingerprint density at radius 2 is 1.53 bits per heavy atom. The van der Waals surface area contributed by atoms with Crippen molar-refractivity contribution in [1.82, 2.24) is 15.1 Å². The van der Waals surface area contributed by atoms with Gasteiger partial charge >= 0.3 is 11.9 Å². The molecule has 22 heteroatoms. The average Bonchev–Trinajstić information content (AvgIpc) is 3.38. The van der Waals surface area contributed by atoms with Gasteiger partial charge in [0.05, 0.1) is 16.1 Å². The lowest BCUT2D eigenvalue weighted by Crippen LogP contribution is -2.71. The number of rotatable bonds is 8. The number of carbonyl (C=O) groups excluding carboxylic acids is 5. The quantitative estimate of drug-likeness (QED) is 0.129. The number of thioether (sulfide) groups is 1. The Morgan fingerprint density at radius 3 is 2.06 bits per heavy atom. The molecule has 0 aliphatic carbocycles. The summed E-state index contributed by atoms with van der Waals surface area (Å²) in [4.78, 5) is 65.8. The van der Waals surface area contributed by atoms with Gasteiger partial charge in [-0.2, -0.15) is 8.42 Å². The third kappa shape index (κ3) is 7.88. The lowest BCUT2D eigenvalue weighted by atomic mass is 9.95. The Morgan fingerprint density at radius 1 is 0.981 bits per heavy atom. The molecule has 0 saturated carbocycles. The van der Waals surface area contributed by atoms with Gasteiger partial charge in [-0.05, 0) is 57.5 Å². The molecule has 0 unspecified atom stereocenters. The van der Waals surface area contributed by atoms with Crippen LogP contribution in [-0.2, 0) is 53.4 Å². The Kier molecular flexibility index (Phi) is 12.7. The molecule has 3 amide bonds. The number of fused-ring (bicyclic) bond motifs is 2. The minimum absolute atomic E-state index is 0. The summed E-state index contributed by atoms with van der Waals surface area (Å²) in [6.07, 6.45) is -0.191. The van der Waals surface area contributed by atoms with Gasteiger partial charge < -0.3 is 41.3 Å². The molecule has 4 fully saturated rings. The number of carbonyl (C=O) groups is 5. The molecule has 6 rings (SSSR count). The Bertz CT molecular complexity index is 1980. The first-order valence-corrected chi connectivity index (χ1v) is 19.6. The van der Waals surface area contributed by atoms with E-state index in [1.54, 1.807) is 44.2 Å². The van der Waals surface area contributed by atoms with Crippen molar-refractivity contribution in [3.8, 4) is 0 Å². The van der Waals surface area contributed by atoms with E-state index < -0.39 is 101 Å². The van der Waals surface area contributed by atoms with Crippen molar-refractivity contribution in [3.05, 3.63) is 65.2 Å². The van der Waals surface area contributed by atoms with Gasteiger partial charge in [0.15, 0.2) is 9.84 Å². The largest absolute Gasteiger partial charge is 0.426 e. The van der Waals surface area contributed by atoms with Crippen molar-refractivity contribution in [2.75, 3.05) is 6.79 Å². The van der Waals surface area contributed by atoms with Crippen LogP contribution in [0.1, 0.15) is 45.7 Å². The topological polar surface area (TPSA) is 300 Å². The molecule has 0 radical (unpaired) electrons. The zero-order chi connectivity index (χ0) is 37.8. The van der Waals surface area contributed by atoms with Gasteiger partial charge in [0.25, 0.3) is 10.1 Å². The van der Waals surface area contributed by atoms with E-state index in [1.807, 2.05) is 0 Å². The van der Waals surface area contributed by atoms with E-state index in [0.29, 0.717) is 10.6 Å². The van der Waals surface area contributed by atoms with Gasteiger partial charge in [0.1, 0.15) is 34.9 Å². The molecule has 2 aromatic carbocycles. The zero-order valence-corrected chi connectivity index (χ0v) is 31.8. The maximum atomic E-state index is 13.0. The number of amides is 3. The minimum atomic E-state index is -4.08. The summed E-state index contributed by atoms with van der Waals surface area (Å²) in [7, 11) is -7.88. The first-order valence-electron chi connectivity index (χ1n) is 15.3. The van der Waals surface area contributed by atoms with Crippen molar-refractivity contribution < 1.29 is 65.8 Å². The number of esters is 2. The predicted octanol–water partition coefficient (Wildman–Crippen LogP) is -0.651. The number of benzene rings is 2. The van der Waals surface area contributed by atoms with Gasteiger partial charge in [-0.15, -0.1) is 11.8 Å². The van der Waals surface area contributed by atoms with E-state index in [2.05, 4.69) is 5.32 Å². The fourth-order valence-corrected chi connectivity index (χ4v) is 10.6. The van der Waals surface area contributed by atoms with Crippen LogP contribution in [0.15, 0.2) is 59.5 Å². The molecule has 6 atom stereocenters. The summed E-state index contributed by atoms with van der Waals surface area (Å²) >= 11 is 6.80. The second kappa shape index (κ2) is 15.5. The smallest absolute Gasteiger partial charge is 0.333 e. The van der Waals surface area contributed by atoms with Crippen LogP contribution in [0.5, 0.6) is 0 Å². The van der Waals surface area contributed by atoms with Crippen LogP contribution in [0.25, 0.3) is 0 Å². The van der Waals surface area contributed by atoms with Crippen LogP contribution in [0.4, 0.5) is 0 Å². The van der Waals surface area contributed by atoms with E-state index >= 15 is 0 Å². The number of ether oxygens (including phenoxy) is 2. The number of β-lactam (4-membered cyclic amide) rings is 2. The summed E-state index contributed by atoms with van der Waals surface area (Å²) in [6, 6.07) is 9.71. The molecule has 0 aromatic heterocycles. The minimum Gasteiger partial charge on any atom is -0.426 e. The maximum absolute atomic E-state index is 13.0. The molecule has 4 aliphatic rings. The number of hydrogen-bond acceptors (Lipinski definition) is 13. The third-order valence-electron chi connectivity index (χ3n) is 9.12. The van der Waals surface area contributed by atoms with Crippen LogP contribution in [0.3, 0.4) is 0 Å². The van der Waals surface area contributed by atoms with Crippen molar-refractivity contribution in [3.63, 3.8) is 0 Å². The van der Waals surface area contributed by atoms with E-state index in [9.17, 15) is 40.8 Å². The van der Waals surface area contributed by atoms with E-state index in [-0.39, 0.29) is 22.3 Å². The van der Waals surface area contributed by atoms with Gasteiger partial charge in [0.2, 0.25) is 24.5 Å². The Hall–Kier alpha value is -3.83. The second-order valence-corrected chi connectivity index (χ2v) is 19.4. The SMILES string of the molecule is CC1(C)S[C@@H]2[C@H](NC(=O)[C@H](N)c3ccccc3)C(=O)N2[C@H]1C(=O)OCOC(=O)[C@@H]1N2C(=O)C[C@H]2S(=O)(=O)C1(C)C.O.O.O=S(=O)(O)c1ccc(Cl)cc1. The van der Waals surface area contributed by atoms with Gasteiger partial charge in [-0.25, -0.2) is 18.0 Å². The van der Waals surface area contributed by atoms with Crippen LogP contribution in [-0.4, -0.2) is 117 Å².